The predicted octanol–water partition coefficient (Wildman–Crippen LogP) is 4.59. The Morgan fingerprint density at radius 2 is 1.55 bits per heavy atom. The molecule has 0 fully saturated rings. The van der Waals surface area contributed by atoms with E-state index in [1.807, 2.05) is 13.8 Å². The minimum Gasteiger partial charge on any atom is -0.390 e. The van der Waals surface area contributed by atoms with Crippen LogP contribution in [-0.2, 0) is 9.53 Å². The average Bonchev–Trinajstić information content (AvgIpc) is 2.44. The number of aliphatic hydroxyl groups is 1. The number of ether oxygens (including phenoxy) is 1. The summed E-state index contributed by atoms with van der Waals surface area (Å²) in [4.78, 5) is 10.9. The fraction of sp³-hybridized carbons (Fsp3) is 0.737. The smallest absolute Gasteiger partial charge is 0.130 e. The minimum absolute atomic E-state index is 0.248. The Morgan fingerprint density at radius 1 is 1.05 bits per heavy atom. The number of aliphatic hydroxyl groups excluding tert-OH is 1. The molecule has 0 rings (SSSR count). The monoisotopic (exact) mass is 310 g/mol. The van der Waals surface area contributed by atoms with Crippen molar-refractivity contribution in [2.24, 2.45) is 0 Å². The second kappa shape index (κ2) is 10.7. The molecule has 0 aromatic carbocycles. The van der Waals surface area contributed by atoms with Gasteiger partial charge in [-0.25, -0.2) is 0 Å². The second-order valence-electron chi connectivity index (χ2n) is 6.74. The summed E-state index contributed by atoms with van der Waals surface area (Å²) in [7, 11) is 1.63. The standard InChI is InChI=1S/C19H34O3/c1-15(11-8-12-17(3)20)9-7-10-16(2)13-14-18(21)19(4,5)22-6/h10-11,18,21H,7-9,12-14H2,1-6H3/b15-11+,16-10+/t18-/m1/s1. The number of carbonyl (C=O) groups excluding carboxylic acids is 1. The molecule has 0 aromatic rings. The van der Waals surface area contributed by atoms with Gasteiger partial charge in [0.25, 0.3) is 0 Å². The largest absolute Gasteiger partial charge is 0.390 e. The van der Waals surface area contributed by atoms with E-state index in [9.17, 15) is 9.90 Å². The molecule has 0 aliphatic carbocycles. The van der Waals surface area contributed by atoms with Crippen molar-refractivity contribution in [3.63, 3.8) is 0 Å². The highest BCUT2D eigenvalue weighted by atomic mass is 16.5. The Bertz CT molecular complexity index is 391. The van der Waals surface area contributed by atoms with Gasteiger partial charge in [-0.05, 0) is 66.7 Å². The normalized spacial score (nSPS) is 15.0. The van der Waals surface area contributed by atoms with Gasteiger partial charge in [-0.2, -0.15) is 0 Å². The van der Waals surface area contributed by atoms with Crippen LogP contribution in [-0.4, -0.2) is 29.7 Å². The molecule has 0 heterocycles. The van der Waals surface area contributed by atoms with Gasteiger partial charge < -0.3 is 14.6 Å². The maximum absolute atomic E-state index is 10.9. The van der Waals surface area contributed by atoms with Crippen LogP contribution >= 0.6 is 0 Å². The van der Waals surface area contributed by atoms with Gasteiger partial charge in [0.1, 0.15) is 5.78 Å². The van der Waals surface area contributed by atoms with Crippen LogP contribution in [0.5, 0.6) is 0 Å². The third kappa shape index (κ3) is 9.91. The van der Waals surface area contributed by atoms with E-state index in [0.29, 0.717) is 6.42 Å². The van der Waals surface area contributed by atoms with Gasteiger partial charge in [0, 0.05) is 13.5 Å². The molecular weight excluding hydrogens is 276 g/mol. The summed E-state index contributed by atoms with van der Waals surface area (Å²) in [6.45, 7) is 9.68. The van der Waals surface area contributed by atoms with Crippen LogP contribution in [0, 0.1) is 0 Å². The third-order valence-electron chi connectivity index (χ3n) is 4.16. The van der Waals surface area contributed by atoms with Crippen LogP contribution in [0.25, 0.3) is 0 Å². The van der Waals surface area contributed by atoms with Crippen molar-refractivity contribution in [3.8, 4) is 0 Å². The van der Waals surface area contributed by atoms with Gasteiger partial charge in [-0.3, -0.25) is 0 Å². The SMILES string of the molecule is COC(C)(C)[C@H](O)CC/C(C)=C/CC/C(C)=C/CCC(C)=O. The lowest BCUT2D eigenvalue weighted by Crippen LogP contribution is -2.37. The Kier molecular flexibility index (Phi) is 10.3. The topological polar surface area (TPSA) is 46.5 Å². The van der Waals surface area contributed by atoms with Gasteiger partial charge in [-0.15, -0.1) is 0 Å². The lowest BCUT2D eigenvalue weighted by Gasteiger charge is -2.29. The molecule has 0 saturated carbocycles. The number of methoxy groups -OCH3 is 1. The maximum atomic E-state index is 10.9. The summed E-state index contributed by atoms with van der Waals surface area (Å²) in [5, 5.41) is 10.1. The van der Waals surface area contributed by atoms with Crippen molar-refractivity contribution in [1.29, 1.82) is 0 Å². The Hall–Kier alpha value is -0.930. The van der Waals surface area contributed by atoms with Crippen LogP contribution < -0.4 is 0 Å². The molecule has 1 atom stereocenters. The van der Waals surface area contributed by atoms with Crippen LogP contribution in [0.4, 0.5) is 0 Å². The fourth-order valence-electron chi connectivity index (χ4n) is 2.12. The molecule has 0 saturated heterocycles. The molecule has 1 N–H and O–H groups in total. The zero-order chi connectivity index (χ0) is 17.2. The van der Waals surface area contributed by atoms with Crippen molar-refractivity contribution >= 4 is 5.78 Å². The number of ketones is 1. The number of carbonyl (C=O) groups is 1. The molecule has 3 heteroatoms. The zero-order valence-electron chi connectivity index (χ0n) is 15.2. The van der Waals surface area contributed by atoms with Gasteiger partial charge in [0.2, 0.25) is 0 Å². The summed E-state index contributed by atoms with van der Waals surface area (Å²) < 4.78 is 5.30. The van der Waals surface area contributed by atoms with Crippen molar-refractivity contribution < 1.29 is 14.6 Å². The Balaban J connectivity index is 4.06. The minimum atomic E-state index is -0.490. The summed E-state index contributed by atoms with van der Waals surface area (Å²) >= 11 is 0. The van der Waals surface area contributed by atoms with Crippen molar-refractivity contribution in [2.75, 3.05) is 7.11 Å². The summed E-state index contributed by atoms with van der Waals surface area (Å²) in [6.07, 6.45) is 9.09. The van der Waals surface area contributed by atoms with E-state index in [2.05, 4.69) is 26.0 Å². The van der Waals surface area contributed by atoms with E-state index in [0.717, 1.165) is 32.1 Å². The number of hydrogen-bond donors (Lipinski definition) is 1. The first-order valence-corrected chi connectivity index (χ1v) is 8.23. The number of Topliss-reactive ketones (excluding diaryl/α,β-unsaturated/α-hetero) is 1. The van der Waals surface area contributed by atoms with E-state index in [1.165, 1.54) is 11.1 Å². The van der Waals surface area contributed by atoms with Crippen molar-refractivity contribution in [2.45, 2.75) is 84.8 Å². The van der Waals surface area contributed by atoms with Gasteiger partial charge in [0.15, 0.2) is 0 Å². The molecule has 0 aromatic heterocycles. The first kappa shape index (κ1) is 21.1. The maximum Gasteiger partial charge on any atom is 0.130 e. The quantitative estimate of drug-likeness (QED) is 0.568. The van der Waals surface area contributed by atoms with Crippen molar-refractivity contribution in [3.05, 3.63) is 23.3 Å². The van der Waals surface area contributed by atoms with Gasteiger partial charge >= 0.3 is 0 Å². The molecule has 0 amide bonds. The molecule has 0 spiro atoms. The van der Waals surface area contributed by atoms with E-state index < -0.39 is 11.7 Å². The molecule has 0 radical (unpaired) electrons. The zero-order valence-corrected chi connectivity index (χ0v) is 15.2. The van der Waals surface area contributed by atoms with Crippen molar-refractivity contribution in [1.82, 2.24) is 0 Å². The van der Waals surface area contributed by atoms with E-state index in [4.69, 9.17) is 4.74 Å². The van der Waals surface area contributed by atoms with E-state index >= 15 is 0 Å². The van der Waals surface area contributed by atoms with Crippen LogP contribution in [0.15, 0.2) is 23.3 Å². The molecular formula is C19H34O3. The number of hydrogen-bond acceptors (Lipinski definition) is 3. The molecule has 0 unspecified atom stereocenters. The Labute approximate surface area is 136 Å². The summed E-state index contributed by atoms with van der Waals surface area (Å²) in [5.74, 6) is 0.248. The van der Waals surface area contributed by atoms with Crippen LogP contribution in [0.2, 0.25) is 0 Å². The molecule has 22 heavy (non-hydrogen) atoms. The first-order valence-electron chi connectivity index (χ1n) is 8.23. The highest BCUT2D eigenvalue weighted by Crippen LogP contribution is 2.20. The van der Waals surface area contributed by atoms with Crippen LogP contribution in [0.1, 0.15) is 73.1 Å². The molecule has 0 aliphatic heterocycles. The van der Waals surface area contributed by atoms with Gasteiger partial charge in [-0.1, -0.05) is 23.3 Å². The molecule has 128 valence electrons. The molecule has 0 aliphatic rings. The molecule has 3 nitrogen and oxygen atoms in total. The lowest BCUT2D eigenvalue weighted by atomic mass is 9.95. The number of allylic oxidation sites excluding steroid dienone is 4. The average molecular weight is 310 g/mol. The number of rotatable bonds is 11. The van der Waals surface area contributed by atoms with E-state index in [1.54, 1.807) is 14.0 Å². The second-order valence-corrected chi connectivity index (χ2v) is 6.74. The highest BCUT2D eigenvalue weighted by Gasteiger charge is 2.26. The van der Waals surface area contributed by atoms with Gasteiger partial charge in [0.05, 0.1) is 11.7 Å². The fourth-order valence-corrected chi connectivity index (χ4v) is 2.12. The highest BCUT2D eigenvalue weighted by molar-refractivity contribution is 5.75. The van der Waals surface area contributed by atoms with E-state index in [-0.39, 0.29) is 5.78 Å². The molecule has 0 bridgehead atoms. The summed E-state index contributed by atoms with van der Waals surface area (Å²) in [5.41, 5.74) is 2.16. The Morgan fingerprint density at radius 3 is 2.05 bits per heavy atom. The lowest BCUT2D eigenvalue weighted by molar-refractivity contribution is -0.116. The summed E-state index contributed by atoms with van der Waals surface area (Å²) in [6, 6.07) is 0. The van der Waals surface area contributed by atoms with Crippen LogP contribution in [0.3, 0.4) is 0 Å². The predicted molar refractivity (Wildman–Crippen MR) is 93.0 cm³/mol. The first-order chi connectivity index (χ1) is 10.2. The third-order valence-corrected chi connectivity index (χ3v) is 4.16.